The summed E-state index contributed by atoms with van der Waals surface area (Å²) in [6, 6.07) is 5.85. The molecule has 0 radical (unpaired) electrons. The van der Waals surface area contributed by atoms with Crippen LogP contribution in [0.25, 0.3) is 0 Å². The number of amides is 3. The number of thioether (sulfide) groups is 1. The van der Waals surface area contributed by atoms with Crippen LogP contribution in [0.15, 0.2) is 18.2 Å². The number of imide groups is 1. The Bertz CT molecular complexity index is 897. The number of fused-ring (bicyclic) bond motifs is 4. The Hall–Kier alpha value is -1.86. The fourth-order valence-electron chi connectivity index (χ4n) is 6.20. The maximum absolute atomic E-state index is 13.7. The average Bonchev–Trinajstić information content (AvgIpc) is 3.44. The number of quaternary nitrogens is 1. The molecule has 29 heavy (non-hydrogen) atoms. The first-order valence-electron chi connectivity index (χ1n) is 10.6. The Morgan fingerprint density at radius 2 is 1.97 bits per heavy atom. The summed E-state index contributed by atoms with van der Waals surface area (Å²) in [6.07, 6.45) is 6.78. The second-order valence-electron chi connectivity index (χ2n) is 8.92. The molecule has 0 aromatic heterocycles. The van der Waals surface area contributed by atoms with Crippen molar-refractivity contribution < 1.29 is 19.7 Å². The summed E-state index contributed by atoms with van der Waals surface area (Å²) in [7, 11) is 0. The van der Waals surface area contributed by atoms with Gasteiger partial charge in [0.1, 0.15) is 17.9 Å². The van der Waals surface area contributed by atoms with E-state index >= 15 is 0 Å². The van der Waals surface area contributed by atoms with Crippen LogP contribution in [0.3, 0.4) is 0 Å². The Morgan fingerprint density at radius 3 is 2.69 bits per heavy atom. The molecule has 3 N–H and O–H groups in total. The van der Waals surface area contributed by atoms with Gasteiger partial charge in [-0.1, -0.05) is 31.0 Å². The van der Waals surface area contributed by atoms with Gasteiger partial charge < -0.3 is 10.6 Å². The normalized spacial score (nSPS) is 33.7. The lowest BCUT2D eigenvalue weighted by Gasteiger charge is -2.28. The lowest BCUT2D eigenvalue weighted by Crippen LogP contribution is -2.99. The lowest BCUT2D eigenvalue weighted by atomic mass is 9.76. The Labute approximate surface area is 175 Å². The van der Waals surface area contributed by atoms with E-state index in [1.54, 1.807) is 16.7 Å². The number of likely N-dealkylation sites (tertiary alicyclic amines) is 1. The monoisotopic (exact) mass is 414 g/mol. The zero-order valence-corrected chi connectivity index (χ0v) is 17.8. The SMILES string of the molecule is CSCC[C@@H]1[NH2+][C@@]2(C(=O)Nc3c(C)cccc32)[C@@H]2C(=O)N(C3CCCC3)C(=O)[C@H]12. The van der Waals surface area contributed by atoms with Crippen LogP contribution in [0.2, 0.25) is 0 Å². The molecule has 3 heterocycles. The van der Waals surface area contributed by atoms with Crippen LogP contribution in [0, 0.1) is 18.8 Å². The summed E-state index contributed by atoms with van der Waals surface area (Å²) in [4.78, 5) is 42.2. The quantitative estimate of drug-likeness (QED) is 0.730. The van der Waals surface area contributed by atoms with E-state index in [1.807, 2.05) is 25.1 Å². The van der Waals surface area contributed by atoms with Crippen molar-refractivity contribution in [3.8, 4) is 0 Å². The molecular weight excluding hydrogens is 386 g/mol. The van der Waals surface area contributed by atoms with Crippen LogP contribution >= 0.6 is 11.8 Å². The number of hydrogen-bond acceptors (Lipinski definition) is 4. The van der Waals surface area contributed by atoms with Gasteiger partial charge in [-0.05, 0) is 37.3 Å². The van der Waals surface area contributed by atoms with Gasteiger partial charge in [-0.15, -0.1) is 0 Å². The maximum atomic E-state index is 13.7. The third-order valence-electron chi connectivity index (χ3n) is 7.49. The molecule has 0 unspecified atom stereocenters. The minimum absolute atomic E-state index is 0.0142. The van der Waals surface area contributed by atoms with E-state index in [1.165, 1.54) is 0 Å². The number of anilines is 1. The number of hydrogen-bond donors (Lipinski definition) is 2. The summed E-state index contributed by atoms with van der Waals surface area (Å²) in [5, 5.41) is 5.11. The highest BCUT2D eigenvalue weighted by Crippen LogP contribution is 2.51. The molecule has 1 aromatic rings. The van der Waals surface area contributed by atoms with Crippen molar-refractivity contribution in [2.24, 2.45) is 11.8 Å². The molecule has 1 spiro atoms. The number of carbonyl (C=O) groups excluding carboxylic acids is 3. The molecule has 1 aromatic carbocycles. The van der Waals surface area contributed by atoms with Crippen molar-refractivity contribution in [3.63, 3.8) is 0 Å². The summed E-state index contributed by atoms with van der Waals surface area (Å²) >= 11 is 1.74. The lowest BCUT2D eigenvalue weighted by molar-refractivity contribution is -0.733. The summed E-state index contributed by atoms with van der Waals surface area (Å²) in [5.41, 5.74) is 1.67. The minimum Gasteiger partial charge on any atom is -0.326 e. The molecule has 1 saturated carbocycles. The van der Waals surface area contributed by atoms with E-state index in [4.69, 9.17) is 0 Å². The molecule has 154 valence electrons. The predicted octanol–water partition coefficient (Wildman–Crippen LogP) is 1.38. The van der Waals surface area contributed by atoms with E-state index < -0.39 is 17.4 Å². The van der Waals surface area contributed by atoms with Crippen LogP contribution < -0.4 is 10.6 Å². The van der Waals surface area contributed by atoms with Crippen molar-refractivity contribution in [3.05, 3.63) is 29.3 Å². The van der Waals surface area contributed by atoms with Gasteiger partial charge in [-0.25, -0.2) is 0 Å². The number of nitrogens with two attached hydrogens (primary N) is 1. The van der Waals surface area contributed by atoms with Gasteiger partial charge in [0.05, 0.1) is 5.69 Å². The molecule has 3 amide bonds. The highest BCUT2D eigenvalue weighted by Gasteiger charge is 2.74. The molecule has 3 fully saturated rings. The third kappa shape index (κ3) is 2.49. The highest BCUT2D eigenvalue weighted by atomic mass is 32.2. The second kappa shape index (κ2) is 6.84. The standard InChI is InChI=1S/C22H27N3O3S/c1-12-6-5-9-14-18(12)23-21(28)22(14)17-16(15(24-22)10-11-29-2)19(26)25(20(17)27)13-7-3-4-8-13/h5-6,9,13,15-17,24H,3-4,7-8,10-11H2,1-2H3,(H,23,28)/p+1/t15-,16+,17-,22+/m0/s1. The molecule has 1 aliphatic carbocycles. The highest BCUT2D eigenvalue weighted by molar-refractivity contribution is 7.98. The van der Waals surface area contributed by atoms with Gasteiger partial charge in [-0.2, -0.15) is 11.8 Å². The van der Waals surface area contributed by atoms with Crippen LogP contribution in [-0.4, -0.2) is 46.7 Å². The molecule has 2 saturated heterocycles. The second-order valence-corrected chi connectivity index (χ2v) is 9.91. The average molecular weight is 415 g/mol. The van der Waals surface area contributed by atoms with Gasteiger partial charge in [0.25, 0.3) is 5.91 Å². The fourth-order valence-corrected chi connectivity index (χ4v) is 6.71. The molecule has 4 atom stereocenters. The zero-order chi connectivity index (χ0) is 20.3. The van der Waals surface area contributed by atoms with Gasteiger partial charge in [0.2, 0.25) is 17.4 Å². The van der Waals surface area contributed by atoms with Gasteiger partial charge >= 0.3 is 0 Å². The molecule has 3 aliphatic heterocycles. The third-order valence-corrected chi connectivity index (χ3v) is 8.14. The van der Waals surface area contributed by atoms with E-state index in [9.17, 15) is 14.4 Å². The molecule has 4 aliphatic rings. The van der Waals surface area contributed by atoms with Gasteiger partial charge in [0.15, 0.2) is 0 Å². The van der Waals surface area contributed by atoms with Crippen molar-refractivity contribution in [2.45, 2.75) is 56.7 Å². The van der Waals surface area contributed by atoms with Crippen LogP contribution in [-0.2, 0) is 19.9 Å². The first-order valence-corrected chi connectivity index (χ1v) is 12.0. The number of para-hydroxylation sites is 1. The van der Waals surface area contributed by atoms with Crippen LogP contribution in [0.1, 0.15) is 43.2 Å². The fraction of sp³-hybridized carbons (Fsp3) is 0.591. The number of aryl methyl sites for hydroxylation is 1. The minimum atomic E-state index is -1.02. The predicted molar refractivity (Wildman–Crippen MR) is 111 cm³/mol. The molecule has 5 rings (SSSR count). The number of nitrogens with zero attached hydrogens (tertiary/aromatic N) is 1. The number of nitrogens with one attached hydrogen (secondary N) is 1. The molecular formula is C22H28N3O3S+. The topological polar surface area (TPSA) is 83.1 Å². The van der Waals surface area contributed by atoms with Gasteiger partial charge in [-0.3, -0.25) is 19.3 Å². The van der Waals surface area contributed by atoms with E-state index in [-0.39, 0.29) is 29.8 Å². The molecule has 0 bridgehead atoms. The van der Waals surface area contributed by atoms with E-state index in [2.05, 4.69) is 16.9 Å². The Balaban J connectivity index is 1.63. The number of benzene rings is 1. The largest absolute Gasteiger partial charge is 0.326 e. The number of carbonyl (C=O) groups is 3. The first-order chi connectivity index (χ1) is 14.0. The maximum Gasteiger partial charge on any atom is 0.291 e. The summed E-state index contributed by atoms with van der Waals surface area (Å²) in [6.45, 7) is 1.97. The van der Waals surface area contributed by atoms with Crippen LogP contribution in [0.5, 0.6) is 0 Å². The van der Waals surface area contributed by atoms with E-state index in [0.29, 0.717) is 0 Å². The smallest absolute Gasteiger partial charge is 0.291 e. The summed E-state index contributed by atoms with van der Waals surface area (Å²) < 4.78 is 0. The van der Waals surface area contributed by atoms with Gasteiger partial charge in [0, 0.05) is 18.0 Å². The van der Waals surface area contributed by atoms with Crippen molar-refractivity contribution in [1.29, 1.82) is 0 Å². The Kier molecular flexibility index (Phi) is 4.51. The first kappa shape index (κ1) is 19.1. The molecule has 7 heteroatoms. The summed E-state index contributed by atoms with van der Waals surface area (Å²) in [5.74, 6) is -0.414. The zero-order valence-electron chi connectivity index (χ0n) is 16.9. The number of rotatable bonds is 4. The van der Waals surface area contributed by atoms with Crippen molar-refractivity contribution in [2.75, 3.05) is 17.3 Å². The van der Waals surface area contributed by atoms with Crippen molar-refractivity contribution in [1.82, 2.24) is 4.90 Å². The van der Waals surface area contributed by atoms with E-state index in [0.717, 1.165) is 54.7 Å². The van der Waals surface area contributed by atoms with Crippen molar-refractivity contribution >= 4 is 35.2 Å². The van der Waals surface area contributed by atoms with Crippen LogP contribution in [0.4, 0.5) is 5.69 Å². The molecule has 6 nitrogen and oxygen atoms in total. The Morgan fingerprint density at radius 1 is 1.21 bits per heavy atom.